The highest BCUT2D eigenvalue weighted by atomic mass is 16.1. The Bertz CT molecular complexity index is 255. The second-order valence-electron chi connectivity index (χ2n) is 7.89. The second-order valence-corrected chi connectivity index (χ2v) is 7.89. The van der Waals surface area contributed by atoms with Gasteiger partial charge in [0.2, 0.25) is 0 Å². The van der Waals surface area contributed by atoms with Crippen molar-refractivity contribution in [2.45, 2.75) is 137 Å². The Kier molecular flexibility index (Phi) is 15.9. The maximum Gasteiger partial charge on any atom is 0.139 e. The Balaban J connectivity index is 4.85. The van der Waals surface area contributed by atoms with E-state index in [1.165, 1.54) is 77.0 Å². The minimum Gasteiger partial charge on any atom is -0.299 e. The number of hydrogen-bond donors (Lipinski definition) is 0. The van der Waals surface area contributed by atoms with Gasteiger partial charge in [-0.05, 0) is 25.7 Å². The molecule has 0 saturated carbocycles. The molecule has 0 heterocycles. The highest BCUT2D eigenvalue weighted by Crippen LogP contribution is 2.39. The summed E-state index contributed by atoms with van der Waals surface area (Å²) in [7, 11) is 0. The normalized spacial score (nSPS) is 11.8. The van der Waals surface area contributed by atoms with Crippen LogP contribution in [0.4, 0.5) is 0 Å². The first-order valence-corrected chi connectivity index (χ1v) is 11.2. The van der Waals surface area contributed by atoms with Crippen LogP contribution in [0.5, 0.6) is 0 Å². The first-order chi connectivity index (χ1) is 11.7. The molecule has 0 bridgehead atoms. The zero-order valence-electron chi connectivity index (χ0n) is 17.4. The van der Waals surface area contributed by atoms with Gasteiger partial charge >= 0.3 is 0 Å². The van der Waals surface area contributed by atoms with Gasteiger partial charge in [0.05, 0.1) is 0 Å². The molecule has 0 aromatic carbocycles. The van der Waals surface area contributed by atoms with E-state index in [2.05, 4.69) is 27.7 Å². The van der Waals surface area contributed by atoms with E-state index in [1.54, 1.807) is 0 Å². The largest absolute Gasteiger partial charge is 0.299 e. The van der Waals surface area contributed by atoms with Gasteiger partial charge in [0.1, 0.15) is 5.78 Å². The molecular formula is C23H46O. The summed E-state index contributed by atoms with van der Waals surface area (Å²) in [5.74, 6) is 0.613. The first kappa shape index (κ1) is 23.7. The van der Waals surface area contributed by atoms with Crippen LogP contribution in [0.2, 0.25) is 0 Å². The van der Waals surface area contributed by atoms with Crippen molar-refractivity contribution in [2.24, 2.45) is 5.41 Å². The molecule has 24 heavy (non-hydrogen) atoms. The summed E-state index contributed by atoms with van der Waals surface area (Å²) < 4.78 is 0. The van der Waals surface area contributed by atoms with Crippen molar-refractivity contribution in [1.82, 2.24) is 0 Å². The minimum atomic E-state index is 0.0196. The van der Waals surface area contributed by atoms with Gasteiger partial charge in [-0.25, -0.2) is 0 Å². The van der Waals surface area contributed by atoms with Crippen LogP contribution in [-0.4, -0.2) is 5.78 Å². The molecule has 0 unspecified atom stereocenters. The predicted molar refractivity (Wildman–Crippen MR) is 109 cm³/mol. The molecule has 1 nitrogen and oxygen atoms in total. The average molecular weight is 339 g/mol. The van der Waals surface area contributed by atoms with Crippen LogP contribution in [0.1, 0.15) is 137 Å². The third-order valence-corrected chi connectivity index (χ3v) is 5.63. The molecule has 144 valence electrons. The fourth-order valence-electron chi connectivity index (χ4n) is 3.91. The van der Waals surface area contributed by atoms with E-state index in [-0.39, 0.29) is 5.41 Å². The Hall–Kier alpha value is -0.330. The van der Waals surface area contributed by atoms with Crippen molar-refractivity contribution in [3.05, 3.63) is 0 Å². The van der Waals surface area contributed by atoms with Crippen LogP contribution < -0.4 is 0 Å². The molecule has 0 spiro atoms. The quantitative estimate of drug-likeness (QED) is 0.230. The molecule has 0 aromatic rings. The zero-order valence-corrected chi connectivity index (χ0v) is 17.4. The van der Waals surface area contributed by atoms with Crippen molar-refractivity contribution in [3.8, 4) is 0 Å². The molecule has 0 atom stereocenters. The van der Waals surface area contributed by atoms with Gasteiger partial charge < -0.3 is 0 Å². The minimum absolute atomic E-state index is 0.0196. The monoisotopic (exact) mass is 338 g/mol. The first-order valence-electron chi connectivity index (χ1n) is 11.2. The standard InChI is InChI=1S/C23H46O/c1-5-9-13-14-18-22(24)23(19-15-10-6-2,20-16-11-7-3)21-17-12-8-4/h5-21H2,1-4H3. The number of hydrogen-bond acceptors (Lipinski definition) is 1. The Morgan fingerprint density at radius 1 is 0.542 bits per heavy atom. The Morgan fingerprint density at radius 3 is 1.29 bits per heavy atom. The van der Waals surface area contributed by atoms with Crippen LogP contribution in [0.25, 0.3) is 0 Å². The van der Waals surface area contributed by atoms with Gasteiger partial charge in [0, 0.05) is 11.8 Å². The van der Waals surface area contributed by atoms with E-state index in [1.807, 2.05) is 0 Å². The molecule has 0 fully saturated rings. The lowest BCUT2D eigenvalue weighted by Crippen LogP contribution is -2.31. The van der Waals surface area contributed by atoms with Crippen molar-refractivity contribution in [3.63, 3.8) is 0 Å². The summed E-state index contributed by atoms with van der Waals surface area (Å²) in [6, 6.07) is 0. The highest BCUT2D eigenvalue weighted by Gasteiger charge is 2.35. The van der Waals surface area contributed by atoms with E-state index in [4.69, 9.17) is 0 Å². The SMILES string of the molecule is CCCCCCC(=O)C(CCCCC)(CCCCC)CCCCC. The molecule has 0 aliphatic heterocycles. The van der Waals surface area contributed by atoms with Gasteiger partial charge in [-0.15, -0.1) is 0 Å². The fourth-order valence-corrected chi connectivity index (χ4v) is 3.91. The van der Waals surface area contributed by atoms with Crippen LogP contribution in [-0.2, 0) is 4.79 Å². The summed E-state index contributed by atoms with van der Waals surface area (Å²) in [5, 5.41) is 0. The third kappa shape index (κ3) is 10.5. The molecule has 0 aromatic heterocycles. The Labute approximate surface area is 153 Å². The number of carbonyl (C=O) groups is 1. The molecule has 0 aliphatic carbocycles. The van der Waals surface area contributed by atoms with E-state index < -0.39 is 0 Å². The van der Waals surface area contributed by atoms with Crippen LogP contribution in [0.3, 0.4) is 0 Å². The molecule has 0 aliphatic rings. The molecular weight excluding hydrogens is 292 g/mol. The van der Waals surface area contributed by atoms with Crippen LogP contribution >= 0.6 is 0 Å². The van der Waals surface area contributed by atoms with E-state index in [0.29, 0.717) is 5.78 Å². The lowest BCUT2D eigenvalue weighted by atomic mass is 9.70. The van der Waals surface area contributed by atoms with E-state index in [9.17, 15) is 4.79 Å². The molecule has 0 saturated heterocycles. The number of Topliss-reactive ketones (excluding diaryl/α,β-unsaturated/α-hetero) is 1. The predicted octanol–water partition coefficient (Wildman–Crippen LogP) is 8.25. The maximum atomic E-state index is 13.2. The van der Waals surface area contributed by atoms with Gasteiger partial charge in [0.15, 0.2) is 0 Å². The second kappa shape index (κ2) is 16.2. The number of rotatable bonds is 18. The molecule has 0 rings (SSSR count). The molecule has 0 N–H and O–H groups in total. The molecule has 1 heteroatoms. The summed E-state index contributed by atoms with van der Waals surface area (Å²) in [5.41, 5.74) is 0.0196. The van der Waals surface area contributed by atoms with E-state index in [0.717, 1.165) is 32.1 Å². The summed E-state index contributed by atoms with van der Waals surface area (Å²) in [6.07, 6.45) is 20.5. The van der Waals surface area contributed by atoms with Crippen LogP contribution in [0, 0.1) is 5.41 Å². The van der Waals surface area contributed by atoms with Crippen molar-refractivity contribution in [1.29, 1.82) is 0 Å². The number of ketones is 1. The van der Waals surface area contributed by atoms with Gasteiger partial charge in [0.25, 0.3) is 0 Å². The third-order valence-electron chi connectivity index (χ3n) is 5.63. The lowest BCUT2D eigenvalue weighted by Gasteiger charge is -2.33. The van der Waals surface area contributed by atoms with Gasteiger partial charge in [-0.3, -0.25) is 4.79 Å². The number of carbonyl (C=O) groups excluding carboxylic acids is 1. The fraction of sp³-hybridized carbons (Fsp3) is 0.957. The maximum absolute atomic E-state index is 13.2. The van der Waals surface area contributed by atoms with Crippen LogP contribution in [0.15, 0.2) is 0 Å². The van der Waals surface area contributed by atoms with Crippen molar-refractivity contribution < 1.29 is 4.79 Å². The highest BCUT2D eigenvalue weighted by molar-refractivity contribution is 5.84. The zero-order chi connectivity index (χ0) is 18.1. The van der Waals surface area contributed by atoms with E-state index >= 15 is 0 Å². The number of unbranched alkanes of at least 4 members (excludes halogenated alkanes) is 9. The summed E-state index contributed by atoms with van der Waals surface area (Å²) >= 11 is 0. The molecule has 0 amide bonds. The van der Waals surface area contributed by atoms with Gasteiger partial charge in [-0.1, -0.05) is 105 Å². The lowest BCUT2D eigenvalue weighted by molar-refractivity contribution is -0.130. The Morgan fingerprint density at radius 2 is 0.917 bits per heavy atom. The molecule has 0 radical (unpaired) electrons. The topological polar surface area (TPSA) is 17.1 Å². The van der Waals surface area contributed by atoms with Crippen molar-refractivity contribution >= 4 is 5.78 Å². The smallest absolute Gasteiger partial charge is 0.139 e. The average Bonchev–Trinajstić information content (AvgIpc) is 2.58. The van der Waals surface area contributed by atoms with Gasteiger partial charge in [-0.2, -0.15) is 0 Å². The van der Waals surface area contributed by atoms with Crippen molar-refractivity contribution in [2.75, 3.05) is 0 Å². The summed E-state index contributed by atoms with van der Waals surface area (Å²) in [4.78, 5) is 13.2. The summed E-state index contributed by atoms with van der Waals surface area (Å²) in [6.45, 7) is 9.04.